The minimum atomic E-state index is -0.332. The molecule has 2 aliphatic rings. The predicted octanol–water partition coefficient (Wildman–Crippen LogP) is 2.66. The minimum absolute atomic E-state index is 0.184. The van der Waals surface area contributed by atoms with E-state index >= 15 is 0 Å². The van der Waals surface area contributed by atoms with Crippen LogP contribution in [0.15, 0.2) is 12.7 Å². The number of ether oxygens (including phenoxy) is 2. The fraction of sp³-hybridized carbons (Fsp3) is 0.727. The normalized spacial score (nSPS) is 42.8. The summed E-state index contributed by atoms with van der Waals surface area (Å²) in [6, 6.07) is 0. The standard InChI is InChI=1S/C11H17O2/c1-3-5-10-6-4-7-11(10,12-2)13-9-8-10/h3,9H,1,4-8H2,2H3/q+1. The second kappa shape index (κ2) is 3.03. The van der Waals surface area contributed by atoms with Crippen LogP contribution in [0.5, 0.6) is 0 Å². The molecule has 0 radical (unpaired) electrons. The molecule has 2 nitrogen and oxygen atoms in total. The highest BCUT2D eigenvalue weighted by molar-refractivity contribution is 5.07. The Morgan fingerprint density at radius 2 is 2.46 bits per heavy atom. The van der Waals surface area contributed by atoms with Crippen LogP contribution in [-0.2, 0) is 9.47 Å². The number of fused-ring (bicyclic) bond motifs is 1. The van der Waals surface area contributed by atoms with Crippen LogP contribution in [0.2, 0.25) is 0 Å². The maximum absolute atomic E-state index is 5.67. The van der Waals surface area contributed by atoms with Crippen molar-refractivity contribution in [3.63, 3.8) is 0 Å². The summed E-state index contributed by atoms with van der Waals surface area (Å²) >= 11 is 0. The molecule has 1 saturated heterocycles. The van der Waals surface area contributed by atoms with Crippen LogP contribution in [-0.4, -0.2) is 12.9 Å². The zero-order valence-electron chi connectivity index (χ0n) is 8.21. The highest BCUT2D eigenvalue weighted by atomic mass is 16.7. The van der Waals surface area contributed by atoms with Crippen LogP contribution in [0.4, 0.5) is 0 Å². The van der Waals surface area contributed by atoms with Crippen molar-refractivity contribution in [3.05, 3.63) is 19.3 Å². The van der Waals surface area contributed by atoms with Gasteiger partial charge in [-0.15, -0.1) is 6.58 Å². The van der Waals surface area contributed by atoms with Crippen molar-refractivity contribution in [2.24, 2.45) is 5.41 Å². The molecule has 13 heavy (non-hydrogen) atoms. The van der Waals surface area contributed by atoms with Gasteiger partial charge >= 0.3 is 0 Å². The van der Waals surface area contributed by atoms with E-state index in [2.05, 4.69) is 6.58 Å². The summed E-state index contributed by atoms with van der Waals surface area (Å²) in [7, 11) is 1.75. The van der Waals surface area contributed by atoms with Gasteiger partial charge in [0.25, 0.3) is 0 Å². The summed E-state index contributed by atoms with van der Waals surface area (Å²) in [5.41, 5.74) is 0.184. The van der Waals surface area contributed by atoms with Gasteiger partial charge in [0.05, 0.1) is 5.41 Å². The Morgan fingerprint density at radius 1 is 1.62 bits per heavy atom. The number of hydrogen-bond acceptors (Lipinski definition) is 2. The molecule has 1 saturated carbocycles. The van der Waals surface area contributed by atoms with Crippen LogP contribution in [0.1, 0.15) is 32.1 Å². The first-order chi connectivity index (χ1) is 6.29. The third kappa shape index (κ3) is 1.05. The number of allylic oxidation sites excluding steroid dienone is 1. The van der Waals surface area contributed by atoms with E-state index in [1.807, 2.05) is 12.7 Å². The molecular weight excluding hydrogens is 164 g/mol. The first-order valence-electron chi connectivity index (χ1n) is 4.94. The lowest BCUT2D eigenvalue weighted by Crippen LogP contribution is -2.41. The van der Waals surface area contributed by atoms with E-state index in [-0.39, 0.29) is 11.2 Å². The fourth-order valence-corrected chi connectivity index (χ4v) is 2.88. The van der Waals surface area contributed by atoms with Crippen LogP contribution >= 0.6 is 0 Å². The van der Waals surface area contributed by atoms with Crippen LogP contribution in [0.3, 0.4) is 0 Å². The van der Waals surface area contributed by atoms with Crippen molar-refractivity contribution < 1.29 is 9.47 Å². The second-order valence-electron chi connectivity index (χ2n) is 4.07. The highest BCUT2D eigenvalue weighted by Crippen LogP contribution is 2.58. The van der Waals surface area contributed by atoms with Crippen molar-refractivity contribution in [1.29, 1.82) is 0 Å². The molecule has 1 heterocycles. The largest absolute Gasteiger partial charge is 0.349 e. The Hall–Kier alpha value is -0.470. The van der Waals surface area contributed by atoms with Gasteiger partial charge in [-0.1, -0.05) is 6.08 Å². The Kier molecular flexibility index (Phi) is 2.12. The summed E-state index contributed by atoms with van der Waals surface area (Å²) in [6.45, 7) is 5.73. The average molecular weight is 181 g/mol. The van der Waals surface area contributed by atoms with Crippen LogP contribution in [0, 0.1) is 12.0 Å². The minimum Gasteiger partial charge on any atom is -0.349 e. The molecule has 2 unspecified atom stereocenters. The zero-order valence-corrected chi connectivity index (χ0v) is 8.21. The van der Waals surface area contributed by atoms with Crippen molar-refractivity contribution >= 4 is 0 Å². The molecule has 1 aliphatic heterocycles. The fourth-order valence-electron chi connectivity index (χ4n) is 2.88. The van der Waals surface area contributed by atoms with E-state index in [0.29, 0.717) is 0 Å². The summed E-state index contributed by atoms with van der Waals surface area (Å²) in [5.74, 6) is -0.332. The Labute approximate surface area is 79.9 Å². The molecule has 2 atom stereocenters. The summed E-state index contributed by atoms with van der Waals surface area (Å²) in [4.78, 5) is 0. The molecule has 0 bridgehead atoms. The quantitative estimate of drug-likeness (QED) is 0.492. The van der Waals surface area contributed by atoms with Gasteiger partial charge in [0.2, 0.25) is 12.4 Å². The molecule has 0 aromatic rings. The molecule has 0 aromatic heterocycles. The molecule has 0 aromatic carbocycles. The number of rotatable bonds is 3. The topological polar surface area (TPSA) is 18.5 Å². The Morgan fingerprint density at radius 3 is 3.15 bits per heavy atom. The molecule has 0 amide bonds. The summed E-state index contributed by atoms with van der Waals surface area (Å²) < 4.78 is 11.3. The lowest BCUT2D eigenvalue weighted by molar-refractivity contribution is -0.222. The molecule has 2 heteroatoms. The van der Waals surface area contributed by atoms with Gasteiger partial charge in [-0.05, 0) is 19.3 Å². The first kappa shape index (κ1) is 9.10. The second-order valence-corrected chi connectivity index (χ2v) is 4.07. The van der Waals surface area contributed by atoms with E-state index in [1.54, 1.807) is 7.11 Å². The van der Waals surface area contributed by atoms with E-state index in [0.717, 1.165) is 19.3 Å². The van der Waals surface area contributed by atoms with Gasteiger partial charge in [-0.2, -0.15) is 4.74 Å². The van der Waals surface area contributed by atoms with Crippen molar-refractivity contribution in [3.8, 4) is 0 Å². The molecule has 0 spiro atoms. The number of hydrogen-bond donors (Lipinski definition) is 0. The zero-order chi connectivity index (χ0) is 9.36. The molecular formula is C11H17O2+. The molecule has 72 valence electrons. The third-order valence-corrected chi connectivity index (χ3v) is 3.58. The van der Waals surface area contributed by atoms with E-state index in [9.17, 15) is 0 Å². The van der Waals surface area contributed by atoms with Crippen LogP contribution < -0.4 is 0 Å². The van der Waals surface area contributed by atoms with Crippen molar-refractivity contribution in [1.82, 2.24) is 0 Å². The van der Waals surface area contributed by atoms with Crippen LogP contribution in [0.25, 0.3) is 0 Å². The summed E-state index contributed by atoms with van der Waals surface area (Å²) in [5, 5.41) is 0. The lowest BCUT2D eigenvalue weighted by atomic mass is 9.77. The maximum Gasteiger partial charge on any atom is 0.232 e. The van der Waals surface area contributed by atoms with Gasteiger partial charge in [0, 0.05) is 13.5 Å². The smallest absolute Gasteiger partial charge is 0.232 e. The van der Waals surface area contributed by atoms with E-state index in [1.165, 1.54) is 12.8 Å². The van der Waals surface area contributed by atoms with Gasteiger partial charge in [-0.3, -0.25) is 0 Å². The third-order valence-electron chi connectivity index (χ3n) is 3.58. The van der Waals surface area contributed by atoms with Gasteiger partial charge in [0.15, 0.2) is 0 Å². The van der Waals surface area contributed by atoms with Gasteiger partial charge in [-0.25, -0.2) is 0 Å². The monoisotopic (exact) mass is 181 g/mol. The van der Waals surface area contributed by atoms with Gasteiger partial charge in [0.1, 0.15) is 6.42 Å². The van der Waals surface area contributed by atoms with E-state index in [4.69, 9.17) is 9.47 Å². The summed E-state index contributed by atoms with van der Waals surface area (Å²) in [6.07, 6.45) is 7.42. The molecule has 1 aliphatic carbocycles. The molecule has 2 fully saturated rings. The molecule has 2 rings (SSSR count). The first-order valence-corrected chi connectivity index (χ1v) is 4.94. The predicted molar refractivity (Wildman–Crippen MR) is 50.8 cm³/mol. The SMILES string of the molecule is C=CCC12C[CH+]OC1(OC)CCC2. The average Bonchev–Trinajstić information content (AvgIpc) is 2.59. The van der Waals surface area contributed by atoms with E-state index < -0.39 is 0 Å². The lowest BCUT2D eigenvalue weighted by Gasteiger charge is -2.32. The molecule has 0 N–H and O–H groups in total. The van der Waals surface area contributed by atoms with Crippen molar-refractivity contribution in [2.45, 2.75) is 37.9 Å². The maximum atomic E-state index is 5.67. The number of methoxy groups -OCH3 is 1. The Bertz CT molecular complexity index is 200. The van der Waals surface area contributed by atoms with Crippen molar-refractivity contribution in [2.75, 3.05) is 7.11 Å². The highest BCUT2D eigenvalue weighted by Gasteiger charge is 2.65. The Balaban J connectivity index is 2.27. The van der Waals surface area contributed by atoms with Gasteiger partial charge < -0.3 is 4.74 Å².